The van der Waals surface area contributed by atoms with Gasteiger partial charge < -0.3 is 20.1 Å². The number of amides is 1. The van der Waals surface area contributed by atoms with Gasteiger partial charge in [0, 0.05) is 11.6 Å². The highest BCUT2D eigenvalue weighted by atomic mass is 19.2. The van der Waals surface area contributed by atoms with Crippen molar-refractivity contribution in [2.45, 2.75) is 13.0 Å². The van der Waals surface area contributed by atoms with Gasteiger partial charge in [-0.1, -0.05) is 0 Å². The maximum Gasteiger partial charge on any atom is 0.279 e. The van der Waals surface area contributed by atoms with E-state index >= 15 is 0 Å². The zero-order chi connectivity index (χ0) is 18.4. The predicted octanol–water partition coefficient (Wildman–Crippen LogP) is 2.25. The standard InChI is InChI=1S/C18H20F2N2O3/c1-11(12-4-6-14(19)15(20)8-12)21-10-18(23)22-16-7-5-13(24-2)9-17(16)25-3/h4-9,11,21H,10H2,1-3H3,(H,22,23)/p+1/t11-/m1/s1. The second-order valence-corrected chi connectivity index (χ2v) is 5.52. The van der Waals surface area contributed by atoms with Gasteiger partial charge in [-0.05, 0) is 37.3 Å². The third-order valence-electron chi connectivity index (χ3n) is 3.81. The molecule has 0 unspecified atom stereocenters. The van der Waals surface area contributed by atoms with E-state index in [1.165, 1.54) is 13.2 Å². The zero-order valence-electron chi connectivity index (χ0n) is 14.3. The molecule has 2 aromatic carbocycles. The molecule has 25 heavy (non-hydrogen) atoms. The van der Waals surface area contributed by atoms with Crippen molar-refractivity contribution in [2.24, 2.45) is 0 Å². The van der Waals surface area contributed by atoms with Crippen molar-refractivity contribution in [3.05, 3.63) is 53.6 Å². The first-order chi connectivity index (χ1) is 11.9. The molecule has 7 heteroatoms. The van der Waals surface area contributed by atoms with Crippen LogP contribution in [0.15, 0.2) is 36.4 Å². The van der Waals surface area contributed by atoms with Gasteiger partial charge in [-0.15, -0.1) is 0 Å². The highest BCUT2D eigenvalue weighted by Crippen LogP contribution is 2.28. The lowest BCUT2D eigenvalue weighted by molar-refractivity contribution is -0.682. The number of nitrogens with two attached hydrogens (primary N) is 1. The Morgan fingerprint density at radius 1 is 1.12 bits per heavy atom. The number of carbonyl (C=O) groups is 1. The molecular weight excluding hydrogens is 330 g/mol. The second-order valence-electron chi connectivity index (χ2n) is 5.52. The Kier molecular flexibility index (Phi) is 6.30. The van der Waals surface area contributed by atoms with E-state index in [9.17, 15) is 13.6 Å². The quantitative estimate of drug-likeness (QED) is 0.804. The van der Waals surface area contributed by atoms with Gasteiger partial charge in [-0.2, -0.15) is 0 Å². The second kappa shape index (κ2) is 8.43. The number of hydrogen-bond acceptors (Lipinski definition) is 3. The van der Waals surface area contributed by atoms with Gasteiger partial charge in [-0.25, -0.2) is 8.78 Å². The Morgan fingerprint density at radius 3 is 2.52 bits per heavy atom. The van der Waals surface area contributed by atoms with Crippen LogP contribution in [0.5, 0.6) is 11.5 Å². The minimum absolute atomic E-state index is 0.120. The summed E-state index contributed by atoms with van der Waals surface area (Å²) < 4.78 is 36.6. The van der Waals surface area contributed by atoms with Crippen LogP contribution in [-0.4, -0.2) is 26.7 Å². The molecule has 134 valence electrons. The molecule has 5 nitrogen and oxygen atoms in total. The number of hydrogen-bond donors (Lipinski definition) is 2. The fourth-order valence-electron chi connectivity index (χ4n) is 2.32. The first-order valence-corrected chi connectivity index (χ1v) is 7.74. The smallest absolute Gasteiger partial charge is 0.279 e. The van der Waals surface area contributed by atoms with Gasteiger partial charge in [0.05, 0.1) is 19.9 Å². The number of quaternary nitrogens is 1. The average molecular weight is 351 g/mol. The fourth-order valence-corrected chi connectivity index (χ4v) is 2.32. The maximum atomic E-state index is 13.3. The van der Waals surface area contributed by atoms with Crippen LogP contribution in [0.2, 0.25) is 0 Å². The van der Waals surface area contributed by atoms with Crippen LogP contribution in [0.4, 0.5) is 14.5 Å². The Balaban J connectivity index is 1.95. The summed E-state index contributed by atoms with van der Waals surface area (Å²) in [7, 11) is 3.05. The monoisotopic (exact) mass is 351 g/mol. The largest absolute Gasteiger partial charge is 0.497 e. The molecule has 0 radical (unpaired) electrons. The minimum Gasteiger partial charge on any atom is -0.497 e. The van der Waals surface area contributed by atoms with Crippen molar-refractivity contribution in [1.29, 1.82) is 0 Å². The van der Waals surface area contributed by atoms with Crippen molar-refractivity contribution in [2.75, 3.05) is 26.1 Å². The Hall–Kier alpha value is -2.67. The molecule has 0 aliphatic carbocycles. The van der Waals surface area contributed by atoms with E-state index in [0.29, 0.717) is 22.7 Å². The van der Waals surface area contributed by atoms with E-state index in [4.69, 9.17) is 9.47 Å². The molecule has 2 aromatic rings. The van der Waals surface area contributed by atoms with E-state index in [1.54, 1.807) is 30.6 Å². The van der Waals surface area contributed by atoms with Crippen LogP contribution in [0.1, 0.15) is 18.5 Å². The van der Waals surface area contributed by atoms with Crippen molar-refractivity contribution < 1.29 is 28.4 Å². The summed E-state index contributed by atoms with van der Waals surface area (Å²) in [5.74, 6) is -0.918. The van der Waals surface area contributed by atoms with E-state index in [-0.39, 0.29) is 18.5 Å². The SMILES string of the molecule is COc1ccc(NC(=O)C[NH2+][C@H](C)c2ccc(F)c(F)c2)c(OC)c1. The zero-order valence-corrected chi connectivity index (χ0v) is 14.3. The van der Waals surface area contributed by atoms with Gasteiger partial charge >= 0.3 is 0 Å². The number of anilines is 1. The lowest BCUT2D eigenvalue weighted by Gasteiger charge is -2.13. The van der Waals surface area contributed by atoms with E-state index in [2.05, 4.69) is 5.32 Å². The van der Waals surface area contributed by atoms with Crippen molar-refractivity contribution >= 4 is 11.6 Å². The molecule has 0 aromatic heterocycles. The first-order valence-electron chi connectivity index (χ1n) is 7.74. The highest BCUT2D eigenvalue weighted by molar-refractivity contribution is 5.93. The number of nitrogens with one attached hydrogen (secondary N) is 1. The summed E-state index contributed by atoms with van der Waals surface area (Å²) in [6, 6.07) is 8.60. The molecule has 0 aliphatic rings. The van der Waals surface area contributed by atoms with E-state index < -0.39 is 11.6 Å². The third-order valence-corrected chi connectivity index (χ3v) is 3.81. The van der Waals surface area contributed by atoms with Crippen molar-refractivity contribution in [3.8, 4) is 11.5 Å². The lowest BCUT2D eigenvalue weighted by Crippen LogP contribution is -2.86. The molecule has 0 bridgehead atoms. The summed E-state index contributed by atoms with van der Waals surface area (Å²) in [4.78, 5) is 12.1. The average Bonchev–Trinajstić information content (AvgIpc) is 2.62. The van der Waals surface area contributed by atoms with Crippen molar-refractivity contribution in [1.82, 2.24) is 0 Å². The Labute approximate surface area is 144 Å². The van der Waals surface area contributed by atoms with Crippen LogP contribution >= 0.6 is 0 Å². The van der Waals surface area contributed by atoms with Gasteiger partial charge in [0.2, 0.25) is 0 Å². The Bertz CT molecular complexity index is 753. The normalized spacial score (nSPS) is 11.7. The molecule has 0 aliphatic heterocycles. The topological polar surface area (TPSA) is 64.2 Å². The number of methoxy groups -OCH3 is 2. The molecule has 0 spiro atoms. The summed E-state index contributed by atoms with van der Waals surface area (Å²) in [6.07, 6.45) is 0. The minimum atomic E-state index is -0.898. The van der Waals surface area contributed by atoms with Crippen LogP contribution in [-0.2, 0) is 4.79 Å². The predicted molar refractivity (Wildman–Crippen MR) is 89.7 cm³/mol. The summed E-state index contributed by atoms with van der Waals surface area (Å²) >= 11 is 0. The van der Waals surface area contributed by atoms with Crippen molar-refractivity contribution in [3.63, 3.8) is 0 Å². The number of benzene rings is 2. The summed E-state index contributed by atoms with van der Waals surface area (Å²) in [5.41, 5.74) is 1.14. The van der Waals surface area contributed by atoms with E-state index in [0.717, 1.165) is 12.1 Å². The van der Waals surface area contributed by atoms with Gasteiger partial charge in [-0.3, -0.25) is 4.79 Å². The number of halogens is 2. The molecule has 0 fully saturated rings. The summed E-state index contributed by atoms with van der Waals surface area (Å²) in [6.45, 7) is 1.93. The number of ether oxygens (including phenoxy) is 2. The third kappa shape index (κ3) is 4.90. The lowest BCUT2D eigenvalue weighted by atomic mass is 10.1. The maximum absolute atomic E-state index is 13.3. The molecule has 0 saturated heterocycles. The van der Waals surface area contributed by atoms with Gasteiger partial charge in [0.15, 0.2) is 18.2 Å². The molecule has 1 atom stereocenters. The molecule has 2 rings (SSSR count). The molecule has 0 heterocycles. The first kappa shape index (κ1) is 18.7. The van der Waals surface area contributed by atoms with Crippen LogP contribution < -0.4 is 20.1 Å². The van der Waals surface area contributed by atoms with Gasteiger partial charge in [0.25, 0.3) is 5.91 Å². The molecular formula is C18H21F2N2O3+. The van der Waals surface area contributed by atoms with Gasteiger partial charge in [0.1, 0.15) is 17.5 Å². The number of carbonyl (C=O) groups excluding carboxylic acids is 1. The molecule has 0 saturated carbocycles. The van der Waals surface area contributed by atoms with E-state index in [1.807, 2.05) is 6.92 Å². The van der Waals surface area contributed by atoms with Crippen LogP contribution in [0, 0.1) is 11.6 Å². The highest BCUT2D eigenvalue weighted by Gasteiger charge is 2.15. The number of rotatable bonds is 7. The molecule has 3 N–H and O–H groups in total. The molecule has 1 amide bonds. The Morgan fingerprint density at radius 2 is 1.88 bits per heavy atom. The van der Waals surface area contributed by atoms with Crippen LogP contribution in [0.25, 0.3) is 0 Å². The van der Waals surface area contributed by atoms with Crippen LogP contribution in [0.3, 0.4) is 0 Å². The fraction of sp³-hybridized carbons (Fsp3) is 0.278. The summed E-state index contributed by atoms with van der Waals surface area (Å²) in [5, 5.41) is 4.49.